The third-order valence-electron chi connectivity index (χ3n) is 7.93. The summed E-state index contributed by atoms with van der Waals surface area (Å²) in [6.07, 6.45) is 0.910. The summed E-state index contributed by atoms with van der Waals surface area (Å²) in [5, 5.41) is 5.74. The number of anilines is 3. The Morgan fingerprint density at radius 3 is 2.42 bits per heavy atom. The molecule has 43 heavy (non-hydrogen) atoms. The van der Waals surface area contributed by atoms with Gasteiger partial charge in [0.2, 0.25) is 0 Å². The lowest BCUT2D eigenvalue weighted by Crippen LogP contribution is -2.47. The summed E-state index contributed by atoms with van der Waals surface area (Å²) in [6, 6.07) is 18.1. The van der Waals surface area contributed by atoms with Crippen LogP contribution >= 0.6 is 11.6 Å². The van der Waals surface area contributed by atoms with Crippen LogP contribution in [0.4, 0.5) is 25.8 Å². The molecule has 0 unspecified atom stereocenters. The van der Waals surface area contributed by atoms with Gasteiger partial charge in [-0.05, 0) is 66.9 Å². The minimum atomic E-state index is -1.00. The fourth-order valence-corrected chi connectivity index (χ4v) is 6.25. The first kappa shape index (κ1) is 28.4. The van der Waals surface area contributed by atoms with Crippen molar-refractivity contribution in [3.63, 3.8) is 0 Å². The van der Waals surface area contributed by atoms with Crippen molar-refractivity contribution >= 4 is 40.5 Å². The smallest absolute Gasteiger partial charge is 0.261 e. The van der Waals surface area contributed by atoms with Gasteiger partial charge in [-0.3, -0.25) is 14.4 Å². The SMILES string of the molecule is COc1ccc(NC(=O)c2ccc(N3C[C@@H]4C[C@@H](C3)c3cccc(=O)n3C4)c(NC(=O)c3c(F)cccc3F)c2)cc1Cl. The van der Waals surface area contributed by atoms with Gasteiger partial charge in [0.25, 0.3) is 17.4 Å². The van der Waals surface area contributed by atoms with Crippen LogP contribution in [0.2, 0.25) is 5.02 Å². The van der Waals surface area contributed by atoms with Gasteiger partial charge in [0.1, 0.15) is 22.9 Å². The first-order valence-electron chi connectivity index (χ1n) is 13.7. The molecule has 0 spiro atoms. The molecule has 8 nitrogen and oxygen atoms in total. The van der Waals surface area contributed by atoms with Crippen LogP contribution < -0.4 is 25.8 Å². The molecule has 3 heterocycles. The van der Waals surface area contributed by atoms with Crippen LogP contribution in [0.25, 0.3) is 0 Å². The van der Waals surface area contributed by atoms with E-state index in [1.165, 1.54) is 19.2 Å². The van der Waals surface area contributed by atoms with Gasteiger partial charge in [0.05, 0.1) is 23.5 Å². The number of carbonyl (C=O) groups is 2. The van der Waals surface area contributed by atoms with Crippen molar-refractivity contribution in [2.75, 3.05) is 35.7 Å². The zero-order valence-corrected chi connectivity index (χ0v) is 23.8. The number of methoxy groups -OCH3 is 1. The Morgan fingerprint density at radius 1 is 0.907 bits per heavy atom. The Kier molecular flexibility index (Phi) is 7.62. The summed E-state index contributed by atoms with van der Waals surface area (Å²) < 4.78 is 36.0. The Labute approximate surface area is 250 Å². The zero-order chi connectivity index (χ0) is 30.2. The molecule has 1 fully saturated rings. The minimum Gasteiger partial charge on any atom is -0.495 e. The van der Waals surface area contributed by atoms with Crippen molar-refractivity contribution < 1.29 is 23.1 Å². The van der Waals surface area contributed by atoms with Crippen molar-refractivity contribution in [3.05, 3.63) is 117 Å². The molecule has 2 amide bonds. The standard InChI is InChI=1S/C32H27ClF2N4O4/c1-43-28-11-9-21(14-22(28)33)36-31(41)19-8-10-27(25(13-19)37-32(42)30-23(34)4-2-5-24(30)35)38-15-18-12-20(17-38)26-6-3-7-29(40)39(26)16-18/h2-11,13-14,18,20H,12,15-17H2,1H3,(H,36,41)(H,37,42)/t18-,20-/m0/s1. The monoisotopic (exact) mass is 604 g/mol. The molecular weight excluding hydrogens is 578 g/mol. The Bertz CT molecular complexity index is 1790. The molecule has 1 saturated heterocycles. The average molecular weight is 605 g/mol. The van der Waals surface area contributed by atoms with E-state index in [-0.39, 0.29) is 28.6 Å². The van der Waals surface area contributed by atoms with E-state index in [1.54, 1.807) is 42.5 Å². The number of benzene rings is 3. The molecule has 1 aromatic heterocycles. The highest BCUT2D eigenvalue weighted by molar-refractivity contribution is 6.32. The second-order valence-corrected chi connectivity index (χ2v) is 11.1. The van der Waals surface area contributed by atoms with Gasteiger partial charge in [-0.1, -0.05) is 23.7 Å². The van der Waals surface area contributed by atoms with Crippen LogP contribution in [0.3, 0.4) is 0 Å². The molecule has 0 saturated carbocycles. The van der Waals surface area contributed by atoms with Gasteiger partial charge in [-0.2, -0.15) is 0 Å². The quantitative estimate of drug-likeness (QED) is 0.285. The summed E-state index contributed by atoms with van der Waals surface area (Å²) >= 11 is 6.20. The van der Waals surface area contributed by atoms with Gasteiger partial charge < -0.3 is 24.8 Å². The number of pyridine rings is 1. The predicted molar refractivity (Wildman–Crippen MR) is 160 cm³/mol. The third-order valence-corrected chi connectivity index (χ3v) is 8.22. The number of nitrogens with one attached hydrogen (secondary N) is 2. The number of nitrogens with zero attached hydrogens (tertiary/aromatic N) is 2. The van der Waals surface area contributed by atoms with Crippen LogP contribution in [0.15, 0.2) is 77.6 Å². The Balaban J connectivity index is 1.34. The maximum absolute atomic E-state index is 14.5. The van der Waals surface area contributed by atoms with Crippen LogP contribution in [-0.2, 0) is 6.54 Å². The van der Waals surface area contributed by atoms with Crippen LogP contribution in [0.5, 0.6) is 5.75 Å². The summed E-state index contributed by atoms with van der Waals surface area (Å²) in [6.45, 7) is 1.70. The number of amides is 2. The highest BCUT2D eigenvalue weighted by atomic mass is 35.5. The molecule has 0 radical (unpaired) electrons. The summed E-state index contributed by atoms with van der Waals surface area (Å²) in [7, 11) is 1.48. The van der Waals surface area contributed by atoms with Crippen molar-refractivity contribution in [1.82, 2.24) is 4.57 Å². The molecule has 2 bridgehead atoms. The van der Waals surface area contributed by atoms with Crippen molar-refractivity contribution in [2.24, 2.45) is 5.92 Å². The molecule has 6 rings (SSSR count). The average Bonchev–Trinajstić information content (AvgIpc) is 2.97. The summed E-state index contributed by atoms with van der Waals surface area (Å²) in [4.78, 5) is 41.0. The van der Waals surface area contributed by atoms with Gasteiger partial charge >= 0.3 is 0 Å². The molecule has 2 atom stereocenters. The molecule has 3 aromatic carbocycles. The van der Waals surface area contributed by atoms with E-state index in [0.717, 1.165) is 24.2 Å². The minimum absolute atomic E-state index is 0.0333. The van der Waals surface area contributed by atoms with Crippen molar-refractivity contribution in [3.8, 4) is 5.75 Å². The number of rotatable bonds is 6. The van der Waals surface area contributed by atoms with Crippen LogP contribution in [0.1, 0.15) is 38.7 Å². The van der Waals surface area contributed by atoms with Gasteiger partial charge in [-0.15, -0.1) is 0 Å². The van der Waals surface area contributed by atoms with E-state index in [0.29, 0.717) is 41.8 Å². The Hall–Kier alpha value is -4.70. The highest BCUT2D eigenvalue weighted by Crippen LogP contribution is 2.39. The van der Waals surface area contributed by atoms with Gasteiger partial charge in [-0.25, -0.2) is 8.78 Å². The van der Waals surface area contributed by atoms with Gasteiger partial charge in [0, 0.05) is 48.6 Å². The molecule has 11 heteroatoms. The second-order valence-electron chi connectivity index (χ2n) is 10.7. The first-order valence-corrected chi connectivity index (χ1v) is 14.1. The molecule has 2 aliphatic heterocycles. The fraction of sp³-hybridized carbons (Fsp3) is 0.219. The van der Waals surface area contributed by atoms with E-state index in [9.17, 15) is 23.2 Å². The third kappa shape index (κ3) is 5.58. The second kappa shape index (κ2) is 11.5. The molecule has 220 valence electrons. The van der Waals surface area contributed by atoms with Crippen LogP contribution in [0, 0.1) is 17.6 Å². The van der Waals surface area contributed by atoms with Crippen molar-refractivity contribution in [2.45, 2.75) is 18.9 Å². The number of ether oxygens (including phenoxy) is 1. The zero-order valence-electron chi connectivity index (χ0n) is 23.1. The number of fused-ring (bicyclic) bond motifs is 4. The number of carbonyl (C=O) groups excluding carboxylic acids is 2. The topological polar surface area (TPSA) is 92.7 Å². The molecule has 2 N–H and O–H groups in total. The highest BCUT2D eigenvalue weighted by Gasteiger charge is 2.35. The summed E-state index contributed by atoms with van der Waals surface area (Å²) in [5.41, 5.74) is 1.63. The maximum atomic E-state index is 14.5. The Morgan fingerprint density at radius 2 is 1.67 bits per heavy atom. The number of piperidine rings is 1. The predicted octanol–water partition coefficient (Wildman–Crippen LogP) is 5.92. The van der Waals surface area contributed by atoms with E-state index in [1.807, 2.05) is 10.6 Å². The molecule has 4 aromatic rings. The summed E-state index contributed by atoms with van der Waals surface area (Å²) in [5.74, 6) is -2.78. The van der Waals surface area contributed by atoms with E-state index in [2.05, 4.69) is 15.5 Å². The lowest BCUT2D eigenvalue weighted by molar-refractivity contribution is 0.101. The van der Waals surface area contributed by atoms with Crippen molar-refractivity contribution in [1.29, 1.82) is 0 Å². The molecule has 2 aliphatic rings. The van der Waals surface area contributed by atoms with E-state index >= 15 is 0 Å². The number of halogens is 3. The number of hydrogen-bond acceptors (Lipinski definition) is 5. The number of hydrogen-bond donors (Lipinski definition) is 2. The lowest BCUT2D eigenvalue weighted by Gasteiger charge is -2.44. The largest absolute Gasteiger partial charge is 0.495 e. The van der Waals surface area contributed by atoms with Crippen LogP contribution in [-0.4, -0.2) is 36.6 Å². The molecular formula is C32H27ClF2N4O4. The fourth-order valence-electron chi connectivity index (χ4n) is 5.99. The normalized spacial score (nSPS) is 17.2. The van der Waals surface area contributed by atoms with E-state index in [4.69, 9.17) is 16.3 Å². The van der Waals surface area contributed by atoms with E-state index < -0.39 is 29.0 Å². The molecule has 0 aliphatic carbocycles. The maximum Gasteiger partial charge on any atom is 0.261 e. The number of aromatic nitrogens is 1. The lowest BCUT2D eigenvalue weighted by atomic mass is 9.83. The van der Waals surface area contributed by atoms with Gasteiger partial charge in [0.15, 0.2) is 0 Å². The first-order chi connectivity index (χ1) is 20.7.